The number of hydrogen-bond donors (Lipinski definition) is 1. The molecule has 80 valence electrons. The lowest BCUT2D eigenvalue weighted by Gasteiger charge is -2.06. The van der Waals surface area contributed by atoms with Crippen molar-refractivity contribution in [3.8, 4) is 6.07 Å². The Balaban J connectivity index is 3.59. The first-order valence-electron chi connectivity index (χ1n) is 3.78. The Hall–Kier alpha value is -0.800. The second kappa shape index (κ2) is 4.37. The van der Waals surface area contributed by atoms with Crippen LogP contribution in [0.25, 0.3) is 0 Å². The number of nitriles is 1. The first kappa shape index (κ1) is 12.3. The van der Waals surface area contributed by atoms with Crippen LogP contribution in [0.3, 0.4) is 0 Å². The predicted molar refractivity (Wildman–Crippen MR) is 57.1 cm³/mol. The van der Waals surface area contributed by atoms with Crippen LogP contribution in [0, 0.1) is 11.3 Å². The van der Waals surface area contributed by atoms with E-state index in [4.69, 9.17) is 33.3 Å². The lowest BCUT2D eigenvalue weighted by Crippen LogP contribution is -2.04. The molecule has 1 rings (SSSR count). The summed E-state index contributed by atoms with van der Waals surface area (Å²) in [5, 5.41) is 8.63. The van der Waals surface area contributed by atoms with E-state index in [1.807, 2.05) is 6.07 Å². The molecule has 0 aliphatic carbocycles. The number of nitrogens with zero attached hydrogens (tertiary/aromatic N) is 1. The molecule has 0 saturated heterocycles. The second-order valence-corrected chi connectivity index (χ2v) is 5.57. The minimum Gasteiger partial charge on any atom is -0.326 e. The third-order valence-corrected chi connectivity index (χ3v) is 3.70. The number of nitrogens with two attached hydrogens (primary N) is 1. The summed E-state index contributed by atoms with van der Waals surface area (Å²) in [4.78, 5) is -0.231. The van der Waals surface area contributed by atoms with Crippen LogP contribution >= 0.6 is 22.3 Å². The van der Waals surface area contributed by atoms with Crippen LogP contribution < -0.4 is 5.73 Å². The second-order valence-electron chi connectivity index (χ2n) is 2.66. The van der Waals surface area contributed by atoms with Crippen LogP contribution in [0.2, 0.25) is 5.02 Å². The van der Waals surface area contributed by atoms with Gasteiger partial charge in [-0.3, -0.25) is 0 Å². The average Bonchev–Trinajstić information content (AvgIpc) is 2.15. The Morgan fingerprint density at radius 2 is 2.07 bits per heavy atom. The Bertz CT molecular complexity index is 534. The maximum atomic E-state index is 11.1. The summed E-state index contributed by atoms with van der Waals surface area (Å²) in [6.07, 6.45) is 0. The topological polar surface area (TPSA) is 84.0 Å². The highest BCUT2D eigenvalue weighted by Crippen LogP contribution is 2.29. The van der Waals surface area contributed by atoms with Crippen LogP contribution in [0.5, 0.6) is 0 Å². The highest BCUT2D eigenvalue weighted by Gasteiger charge is 2.19. The summed E-state index contributed by atoms with van der Waals surface area (Å²) in [5.41, 5.74) is 5.89. The van der Waals surface area contributed by atoms with Gasteiger partial charge in [-0.1, -0.05) is 11.6 Å². The number of benzene rings is 1. The zero-order valence-corrected chi connectivity index (χ0v) is 9.70. The molecule has 0 unspecified atom stereocenters. The fourth-order valence-corrected chi connectivity index (χ4v) is 2.71. The molecule has 4 nitrogen and oxygen atoms in total. The summed E-state index contributed by atoms with van der Waals surface area (Å²) in [6.45, 7) is -0.0258. The predicted octanol–water partition coefficient (Wildman–Crippen LogP) is 1.60. The van der Waals surface area contributed by atoms with Gasteiger partial charge in [0.1, 0.15) is 4.90 Å². The summed E-state index contributed by atoms with van der Waals surface area (Å²) in [6, 6.07) is 4.37. The molecule has 15 heavy (non-hydrogen) atoms. The van der Waals surface area contributed by atoms with E-state index in [0.717, 1.165) is 0 Å². The van der Waals surface area contributed by atoms with Crippen molar-refractivity contribution in [1.29, 1.82) is 5.26 Å². The highest BCUT2D eigenvalue weighted by atomic mass is 35.7. The number of halogens is 2. The highest BCUT2D eigenvalue weighted by molar-refractivity contribution is 8.13. The van der Waals surface area contributed by atoms with Crippen LogP contribution in [0.1, 0.15) is 11.1 Å². The molecule has 0 amide bonds. The largest absolute Gasteiger partial charge is 0.326 e. The lowest BCUT2D eigenvalue weighted by molar-refractivity contribution is 0.609. The SMILES string of the molecule is N#Cc1ccc(S(=O)(=O)Cl)c(Cl)c1CN. The Labute approximate surface area is 96.6 Å². The van der Waals surface area contributed by atoms with Crippen molar-refractivity contribution in [2.75, 3.05) is 0 Å². The zero-order valence-electron chi connectivity index (χ0n) is 7.37. The van der Waals surface area contributed by atoms with Crippen LogP contribution in [-0.4, -0.2) is 8.42 Å². The third kappa shape index (κ3) is 2.41. The van der Waals surface area contributed by atoms with Gasteiger partial charge in [0.25, 0.3) is 9.05 Å². The molecule has 0 aromatic heterocycles. The van der Waals surface area contributed by atoms with E-state index in [1.54, 1.807) is 0 Å². The van der Waals surface area contributed by atoms with Crippen LogP contribution in [0.15, 0.2) is 17.0 Å². The van der Waals surface area contributed by atoms with Gasteiger partial charge in [-0.2, -0.15) is 5.26 Å². The first-order chi connectivity index (χ1) is 6.91. The van der Waals surface area contributed by atoms with E-state index < -0.39 is 9.05 Å². The molecule has 0 fully saturated rings. The van der Waals surface area contributed by atoms with E-state index >= 15 is 0 Å². The van der Waals surface area contributed by atoms with Crippen molar-refractivity contribution in [2.24, 2.45) is 5.73 Å². The standard InChI is InChI=1S/C8H6Cl2N2O2S/c9-8-6(4-12)5(3-11)1-2-7(8)15(10,13)14/h1-2H,4,12H2. The van der Waals surface area contributed by atoms with Gasteiger partial charge < -0.3 is 5.73 Å². The molecule has 0 bridgehead atoms. The molecular formula is C8H6Cl2N2O2S. The molecule has 0 radical (unpaired) electrons. The fourth-order valence-electron chi connectivity index (χ4n) is 1.09. The summed E-state index contributed by atoms with van der Waals surface area (Å²) >= 11 is 5.78. The Morgan fingerprint density at radius 1 is 1.47 bits per heavy atom. The van der Waals surface area contributed by atoms with Crippen LogP contribution in [0.4, 0.5) is 0 Å². The quantitative estimate of drug-likeness (QED) is 0.823. The van der Waals surface area contributed by atoms with Crippen molar-refractivity contribution in [1.82, 2.24) is 0 Å². The van der Waals surface area contributed by atoms with Crippen molar-refractivity contribution < 1.29 is 8.42 Å². The zero-order chi connectivity index (χ0) is 11.6. The van der Waals surface area contributed by atoms with Crippen LogP contribution in [-0.2, 0) is 15.6 Å². The van der Waals surface area contributed by atoms with Crippen molar-refractivity contribution in [3.63, 3.8) is 0 Å². The molecule has 1 aromatic carbocycles. The fraction of sp³-hybridized carbons (Fsp3) is 0.125. The molecule has 7 heteroatoms. The van der Waals surface area contributed by atoms with E-state index in [0.29, 0.717) is 0 Å². The minimum atomic E-state index is -3.92. The van der Waals surface area contributed by atoms with E-state index in [1.165, 1.54) is 12.1 Å². The van der Waals surface area contributed by atoms with Crippen molar-refractivity contribution >= 4 is 31.3 Å². The van der Waals surface area contributed by atoms with Gasteiger partial charge in [-0.15, -0.1) is 0 Å². The van der Waals surface area contributed by atoms with Gasteiger partial charge >= 0.3 is 0 Å². The van der Waals surface area contributed by atoms with E-state index in [2.05, 4.69) is 0 Å². The minimum absolute atomic E-state index is 0.0258. The maximum Gasteiger partial charge on any atom is 0.262 e. The summed E-state index contributed by atoms with van der Waals surface area (Å²) in [5.74, 6) is 0. The number of hydrogen-bond acceptors (Lipinski definition) is 4. The normalized spacial score (nSPS) is 11.1. The van der Waals surface area contributed by atoms with Gasteiger partial charge in [0.15, 0.2) is 0 Å². The Kier molecular flexibility index (Phi) is 3.58. The molecule has 0 spiro atoms. The van der Waals surface area contributed by atoms with E-state index in [9.17, 15) is 8.42 Å². The van der Waals surface area contributed by atoms with Crippen molar-refractivity contribution in [3.05, 3.63) is 28.3 Å². The smallest absolute Gasteiger partial charge is 0.262 e. The van der Waals surface area contributed by atoms with Crippen molar-refractivity contribution in [2.45, 2.75) is 11.4 Å². The lowest BCUT2D eigenvalue weighted by atomic mass is 10.1. The summed E-state index contributed by atoms with van der Waals surface area (Å²) < 4.78 is 22.2. The van der Waals surface area contributed by atoms with Gasteiger partial charge in [-0.05, 0) is 12.1 Å². The molecule has 0 atom stereocenters. The first-order valence-corrected chi connectivity index (χ1v) is 6.46. The molecular weight excluding hydrogens is 259 g/mol. The molecule has 0 saturated carbocycles. The van der Waals surface area contributed by atoms with Gasteiger partial charge in [0.2, 0.25) is 0 Å². The molecule has 0 aliphatic heterocycles. The molecule has 2 N–H and O–H groups in total. The molecule has 1 aromatic rings. The van der Waals surface area contributed by atoms with Gasteiger partial charge in [0.05, 0.1) is 16.7 Å². The van der Waals surface area contributed by atoms with E-state index in [-0.39, 0.29) is 27.6 Å². The monoisotopic (exact) mass is 264 g/mol. The van der Waals surface area contributed by atoms with Gasteiger partial charge in [-0.25, -0.2) is 8.42 Å². The molecule has 0 aliphatic rings. The third-order valence-electron chi connectivity index (χ3n) is 1.80. The average molecular weight is 265 g/mol. The number of rotatable bonds is 2. The maximum absolute atomic E-state index is 11.1. The summed E-state index contributed by atoms with van der Waals surface area (Å²) in [7, 11) is 1.24. The molecule has 0 heterocycles. The Morgan fingerprint density at radius 3 is 2.47 bits per heavy atom. The van der Waals surface area contributed by atoms with Gasteiger partial charge in [0, 0.05) is 22.8 Å².